The number of fused-ring (bicyclic) bond motifs is 1. The van der Waals surface area contributed by atoms with Crippen molar-refractivity contribution in [2.24, 2.45) is 23.6 Å². The first-order valence-electron chi connectivity index (χ1n) is 6.86. The summed E-state index contributed by atoms with van der Waals surface area (Å²) in [6.07, 6.45) is 5.32. The van der Waals surface area contributed by atoms with Gasteiger partial charge in [0.1, 0.15) is 0 Å². The monoisotopic (exact) mass is 230 g/mol. The van der Waals surface area contributed by atoms with Crippen molar-refractivity contribution in [1.82, 2.24) is 5.43 Å². The van der Waals surface area contributed by atoms with Crippen LogP contribution in [-0.2, 0) is 6.42 Å². The van der Waals surface area contributed by atoms with Gasteiger partial charge in [0.2, 0.25) is 0 Å². The molecule has 2 heteroatoms. The van der Waals surface area contributed by atoms with Crippen molar-refractivity contribution in [3.05, 3.63) is 35.4 Å². The SMILES string of the molecule is CCc1cccc(C(NN)C2CC3CC3C2)c1. The zero-order valence-corrected chi connectivity index (χ0v) is 10.5. The summed E-state index contributed by atoms with van der Waals surface area (Å²) in [5.74, 6) is 8.57. The van der Waals surface area contributed by atoms with Crippen molar-refractivity contribution in [2.75, 3.05) is 0 Å². The lowest BCUT2D eigenvalue weighted by Gasteiger charge is -2.24. The van der Waals surface area contributed by atoms with Crippen LogP contribution in [0.15, 0.2) is 24.3 Å². The first-order valence-corrected chi connectivity index (χ1v) is 6.86. The second-order valence-corrected chi connectivity index (χ2v) is 5.73. The highest BCUT2D eigenvalue weighted by molar-refractivity contribution is 5.27. The molecule has 0 amide bonds. The van der Waals surface area contributed by atoms with E-state index in [-0.39, 0.29) is 0 Å². The van der Waals surface area contributed by atoms with E-state index in [1.165, 1.54) is 30.4 Å². The van der Waals surface area contributed by atoms with Crippen LogP contribution in [0.5, 0.6) is 0 Å². The Bertz CT molecular complexity index is 392. The Labute approximate surface area is 104 Å². The summed E-state index contributed by atoms with van der Waals surface area (Å²) in [6.45, 7) is 2.20. The Morgan fingerprint density at radius 2 is 2.06 bits per heavy atom. The van der Waals surface area contributed by atoms with Gasteiger partial charge in [-0.25, -0.2) is 0 Å². The number of nitrogens with one attached hydrogen (secondary N) is 1. The fourth-order valence-electron chi connectivity index (χ4n) is 3.54. The van der Waals surface area contributed by atoms with Crippen LogP contribution >= 0.6 is 0 Å². The number of hydrogen-bond acceptors (Lipinski definition) is 2. The highest BCUT2D eigenvalue weighted by Crippen LogP contribution is 2.56. The molecular weight excluding hydrogens is 208 g/mol. The van der Waals surface area contributed by atoms with Crippen molar-refractivity contribution in [2.45, 2.75) is 38.6 Å². The first-order chi connectivity index (χ1) is 8.31. The lowest BCUT2D eigenvalue weighted by Crippen LogP contribution is -2.33. The molecule has 0 saturated heterocycles. The van der Waals surface area contributed by atoms with E-state index in [2.05, 4.69) is 36.6 Å². The fourth-order valence-corrected chi connectivity index (χ4v) is 3.54. The summed E-state index contributed by atoms with van der Waals surface area (Å²) in [6, 6.07) is 9.24. The quantitative estimate of drug-likeness (QED) is 0.616. The third kappa shape index (κ3) is 2.12. The topological polar surface area (TPSA) is 38.0 Å². The van der Waals surface area contributed by atoms with Gasteiger partial charge in [-0.15, -0.1) is 0 Å². The number of nitrogens with two attached hydrogens (primary N) is 1. The maximum Gasteiger partial charge on any atom is 0.0488 e. The number of rotatable bonds is 4. The van der Waals surface area contributed by atoms with Crippen LogP contribution in [0, 0.1) is 17.8 Å². The molecule has 2 aliphatic carbocycles. The molecule has 0 heterocycles. The van der Waals surface area contributed by atoms with Gasteiger partial charge in [-0.2, -0.15) is 0 Å². The lowest BCUT2D eigenvalue weighted by atomic mass is 9.89. The molecule has 2 aliphatic rings. The molecule has 92 valence electrons. The van der Waals surface area contributed by atoms with Gasteiger partial charge in [-0.1, -0.05) is 31.2 Å². The fraction of sp³-hybridized carbons (Fsp3) is 0.600. The molecule has 3 atom stereocenters. The van der Waals surface area contributed by atoms with Crippen molar-refractivity contribution in [3.8, 4) is 0 Å². The van der Waals surface area contributed by atoms with E-state index in [0.29, 0.717) is 6.04 Å². The molecular formula is C15H22N2. The van der Waals surface area contributed by atoms with Crippen LogP contribution in [0.1, 0.15) is 43.4 Å². The first kappa shape index (κ1) is 11.2. The van der Waals surface area contributed by atoms with Crippen LogP contribution in [-0.4, -0.2) is 0 Å². The Balaban J connectivity index is 1.78. The van der Waals surface area contributed by atoms with Crippen LogP contribution in [0.25, 0.3) is 0 Å². The second-order valence-electron chi connectivity index (χ2n) is 5.73. The van der Waals surface area contributed by atoms with Gasteiger partial charge in [0, 0.05) is 6.04 Å². The Morgan fingerprint density at radius 1 is 1.29 bits per heavy atom. The maximum atomic E-state index is 5.79. The van der Waals surface area contributed by atoms with E-state index in [4.69, 9.17) is 5.84 Å². The van der Waals surface area contributed by atoms with Gasteiger partial charge in [0.15, 0.2) is 0 Å². The molecule has 3 rings (SSSR count). The molecule has 3 N–H and O–H groups in total. The van der Waals surface area contributed by atoms with E-state index < -0.39 is 0 Å². The van der Waals surface area contributed by atoms with Gasteiger partial charge < -0.3 is 0 Å². The molecule has 0 radical (unpaired) electrons. The summed E-state index contributed by atoms with van der Waals surface area (Å²) in [5.41, 5.74) is 5.83. The van der Waals surface area contributed by atoms with Crippen LogP contribution in [0.2, 0.25) is 0 Å². The van der Waals surface area contributed by atoms with Crippen LogP contribution < -0.4 is 11.3 Å². The molecule has 0 aromatic heterocycles. The number of benzene rings is 1. The second kappa shape index (κ2) is 4.43. The summed E-state index contributed by atoms with van der Waals surface area (Å²) in [5, 5.41) is 0. The third-order valence-electron chi connectivity index (χ3n) is 4.65. The summed E-state index contributed by atoms with van der Waals surface area (Å²) >= 11 is 0. The van der Waals surface area contributed by atoms with Crippen molar-refractivity contribution in [1.29, 1.82) is 0 Å². The molecule has 2 nitrogen and oxygen atoms in total. The molecule has 3 unspecified atom stereocenters. The van der Waals surface area contributed by atoms with Gasteiger partial charge in [0.05, 0.1) is 0 Å². The molecule has 2 fully saturated rings. The minimum atomic E-state index is 0.356. The highest BCUT2D eigenvalue weighted by atomic mass is 15.2. The zero-order chi connectivity index (χ0) is 11.8. The molecule has 2 saturated carbocycles. The average Bonchev–Trinajstić information content (AvgIpc) is 2.98. The van der Waals surface area contributed by atoms with E-state index in [1.54, 1.807) is 0 Å². The molecule has 0 spiro atoms. The Morgan fingerprint density at radius 3 is 2.71 bits per heavy atom. The van der Waals surface area contributed by atoms with Crippen LogP contribution in [0.4, 0.5) is 0 Å². The zero-order valence-electron chi connectivity index (χ0n) is 10.5. The molecule has 1 aromatic rings. The smallest absolute Gasteiger partial charge is 0.0488 e. The van der Waals surface area contributed by atoms with E-state index in [9.17, 15) is 0 Å². The minimum Gasteiger partial charge on any atom is -0.271 e. The number of hydrazine groups is 1. The maximum absolute atomic E-state index is 5.79. The summed E-state index contributed by atoms with van der Waals surface area (Å²) in [7, 11) is 0. The summed E-state index contributed by atoms with van der Waals surface area (Å²) < 4.78 is 0. The van der Waals surface area contributed by atoms with Gasteiger partial charge >= 0.3 is 0 Å². The normalized spacial score (nSPS) is 32.2. The third-order valence-corrected chi connectivity index (χ3v) is 4.65. The highest BCUT2D eigenvalue weighted by Gasteiger charge is 2.47. The minimum absolute atomic E-state index is 0.356. The predicted octanol–water partition coefficient (Wildman–Crippen LogP) is 2.80. The molecule has 1 aromatic carbocycles. The predicted molar refractivity (Wildman–Crippen MR) is 70.2 cm³/mol. The molecule has 0 aliphatic heterocycles. The number of aryl methyl sites for hydroxylation is 1. The largest absolute Gasteiger partial charge is 0.271 e. The Hall–Kier alpha value is -0.860. The van der Waals surface area contributed by atoms with Crippen LogP contribution in [0.3, 0.4) is 0 Å². The van der Waals surface area contributed by atoms with E-state index >= 15 is 0 Å². The van der Waals surface area contributed by atoms with Crippen molar-refractivity contribution >= 4 is 0 Å². The van der Waals surface area contributed by atoms with Gasteiger partial charge in [-0.05, 0) is 54.6 Å². The van der Waals surface area contributed by atoms with E-state index in [0.717, 1.165) is 24.2 Å². The molecule has 17 heavy (non-hydrogen) atoms. The number of hydrogen-bond donors (Lipinski definition) is 2. The van der Waals surface area contributed by atoms with Gasteiger partial charge in [0.25, 0.3) is 0 Å². The lowest BCUT2D eigenvalue weighted by molar-refractivity contribution is 0.345. The van der Waals surface area contributed by atoms with Crippen molar-refractivity contribution < 1.29 is 0 Å². The molecule has 0 bridgehead atoms. The van der Waals surface area contributed by atoms with E-state index in [1.807, 2.05) is 0 Å². The summed E-state index contributed by atoms with van der Waals surface area (Å²) in [4.78, 5) is 0. The van der Waals surface area contributed by atoms with Crippen molar-refractivity contribution in [3.63, 3.8) is 0 Å². The standard InChI is InChI=1S/C15H22N2/c1-2-10-4-3-5-11(6-10)15(17-16)14-8-12-7-13(12)9-14/h3-6,12-15,17H,2,7-9,16H2,1H3. The average molecular weight is 230 g/mol. The van der Waals surface area contributed by atoms with Gasteiger partial charge in [-0.3, -0.25) is 11.3 Å². The Kier molecular flexibility index (Phi) is 2.93.